The maximum absolute atomic E-state index is 13.0. The Kier molecular flexibility index (Phi) is 7.04. The molecule has 6 rings (SSSR count). The number of furan rings is 1. The largest absolute Gasteiger partial charge is 0.457 e. The minimum Gasteiger partial charge on any atom is -0.457 e. The summed E-state index contributed by atoms with van der Waals surface area (Å²) in [4.78, 5) is 22.5. The number of carbonyl (C=O) groups is 1. The summed E-state index contributed by atoms with van der Waals surface area (Å²) in [5, 5.41) is 8.90. The summed E-state index contributed by atoms with van der Waals surface area (Å²) < 4.78 is 7.64. The number of rotatable bonds is 8. The fourth-order valence-electron chi connectivity index (χ4n) is 5.28. The van der Waals surface area contributed by atoms with E-state index in [2.05, 4.69) is 51.9 Å². The molecule has 0 N–H and O–H groups in total. The molecule has 4 heterocycles. The molecule has 40 heavy (non-hydrogen) atoms. The Bertz CT molecular complexity index is 1500. The summed E-state index contributed by atoms with van der Waals surface area (Å²) in [6.45, 7) is 13.8. The number of ketones is 1. The number of carbonyl (C=O) groups excluding carboxylic acids is 1. The predicted octanol–water partition coefficient (Wildman–Crippen LogP) is 5.49. The molecule has 0 bridgehead atoms. The number of aryl methyl sites for hydroxylation is 1. The van der Waals surface area contributed by atoms with Crippen molar-refractivity contribution in [2.45, 2.75) is 52.4 Å². The highest BCUT2D eigenvalue weighted by Crippen LogP contribution is 2.31. The first-order chi connectivity index (χ1) is 19.2. The second kappa shape index (κ2) is 10.7. The highest BCUT2D eigenvalue weighted by molar-refractivity contribution is 5.95. The van der Waals surface area contributed by atoms with Crippen LogP contribution >= 0.6 is 0 Å². The van der Waals surface area contributed by atoms with Crippen molar-refractivity contribution in [3.8, 4) is 16.9 Å². The van der Waals surface area contributed by atoms with Crippen molar-refractivity contribution >= 4 is 11.5 Å². The van der Waals surface area contributed by atoms with Gasteiger partial charge >= 0.3 is 0 Å². The van der Waals surface area contributed by atoms with E-state index in [0.29, 0.717) is 5.76 Å². The third-order valence-electron chi connectivity index (χ3n) is 7.97. The van der Waals surface area contributed by atoms with Crippen LogP contribution in [0.4, 0.5) is 5.69 Å². The lowest BCUT2D eigenvalue weighted by molar-refractivity contribution is 0.0963. The van der Waals surface area contributed by atoms with Crippen LogP contribution < -0.4 is 4.90 Å². The molecule has 1 aliphatic carbocycles. The molecule has 8 heteroatoms. The molecule has 1 aromatic carbocycles. The van der Waals surface area contributed by atoms with E-state index in [1.54, 1.807) is 10.7 Å². The second-order valence-electron chi connectivity index (χ2n) is 12.3. The van der Waals surface area contributed by atoms with Gasteiger partial charge in [0.15, 0.2) is 5.76 Å². The average Bonchev–Trinajstić information content (AvgIpc) is 3.39. The van der Waals surface area contributed by atoms with Gasteiger partial charge in [0.25, 0.3) is 0 Å². The fraction of sp³-hybridized carbons (Fsp3) is 0.438. The number of piperazine rings is 1. The summed E-state index contributed by atoms with van der Waals surface area (Å²) in [7, 11) is 0. The molecule has 2 fully saturated rings. The summed E-state index contributed by atoms with van der Waals surface area (Å²) in [5.74, 6) is 2.10. The Morgan fingerprint density at radius 3 is 2.55 bits per heavy atom. The van der Waals surface area contributed by atoms with E-state index >= 15 is 0 Å². The Balaban J connectivity index is 1.16. The SMILES string of the molecule is Cc1ccc(CC(=O)c2ccc(C(C)(C)C)o2)cc1-n1cc(-c2cncc(N3CCN(CC4CC4)CC3)c2)nn1. The normalized spacial score (nSPS) is 16.4. The van der Waals surface area contributed by atoms with E-state index in [0.717, 1.165) is 71.6 Å². The fourth-order valence-corrected chi connectivity index (χ4v) is 5.28. The van der Waals surface area contributed by atoms with E-state index in [1.165, 1.54) is 19.4 Å². The molecule has 0 unspecified atom stereocenters. The molecule has 1 aliphatic heterocycles. The van der Waals surface area contributed by atoms with Gasteiger partial charge in [-0.05, 0) is 61.1 Å². The van der Waals surface area contributed by atoms with Crippen molar-refractivity contribution in [3.05, 3.63) is 77.6 Å². The van der Waals surface area contributed by atoms with Crippen LogP contribution in [0.2, 0.25) is 0 Å². The van der Waals surface area contributed by atoms with Gasteiger partial charge in [-0.1, -0.05) is 38.1 Å². The van der Waals surface area contributed by atoms with Gasteiger partial charge in [-0.3, -0.25) is 14.7 Å². The van der Waals surface area contributed by atoms with Crippen LogP contribution in [0.25, 0.3) is 16.9 Å². The van der Waals surface area contributed by atoms with E-state index in [1.807, 2.05) is 49.8 Å². The standard InChI is InChI=1S/C32H38N6O2/c1-22-5-6-24(16-29(39)30-9-10-31(40-30)32(2,3)4)15-28(22)38-21-27(34-35-38)25-17-26(19-33-18-25)37-13-11-36(12-14-37)20-23-7-8-23/h5-6,9-10,15,17-19,21,23H,7-8,11-14,16,20H2,1-4H3. The van der Waals surface area contributed by atoms with Gasteiger partial charge in [0.2, 0.25) is 5.78 Å². The van der Waals surface area contributed by atoms with Crippen molar-refractivity contribution in [3.63, 3.8) is 0 Å². The molecule has 0 radical (unpaired) electrons. The molecule has 0 amide bonds. The number of anilines is 1. The zero-order valence-electron chi connectivity index (χ0n) is 23.9. The molecule has 2 aliphatic rings. The summed E-state index contributed by atoms with van der Waals surface area (Å²) in [6.07, 6.45) is 8.78. The molecule has 1 saturated heterocycles. The van der Waals surface area contributed by atoms with Gasteiger partial charge in [-0.25, -0.2) is 4.68 Å². The smallest absolute Gasteiger partial charge is 0.202 e. The summed E-state index contributed by atoms with van der Waals surface area (Å²) >= 11 is 0. The molecule has 8 nitrogen and oxygen atoms in total. The summed E-state index contributed by atoms with van der Waals surface area (Å²) in [5.41, 5.74) is 5.56. The molecule has 1 saturated carbocycles. The topological polar surface area (TPSA) is 80.3 Å². The average molecular weight is 539 g/mol. The van der Waals surface area contributed by atoms with Gasteiger partial charge in [0.05, 0.1) is 23.8 Å². The number of benzene rings is 1. The second-order valence-corrected chi connectivity index (χ2v) is 12.3. The first-order valence-corrected chi connectivity index (χ1v) is 14.3. The molecule has 0 atom stereocenters. The lowest BCUT2D eigenvalue weighted by Crippen LogP contribution is -2.47. The first-order valence-electron chi connectivity index (χ1n) is 14.3. The van der Waals surface area contributed by atoms with Crippen LogP contribution in [0.1, 0.15) is 61.1 Å². The van der Waals surface area contributed by atoms with Crippen LogP contribution in [0.15, 0.2) is 59.4 Å². The molecule has 3 aromatic heterocycles. The Morgan fingerprint density at radius 2 is 1.82 bits per heavy atom. The van der Waals surface area contributed by atoms with Crippen LogP contribution in [0.5, 0.6) is 0 Å². The van der Waals surface area contributed by atoms with Gasteiger partial charge in [-0.15, -0.1) is 5.10 Å². The minimum atomic E-state index is -0.139. The van der Waals surface area contributed by atoms with E-state index < -0.39 is 0 Å². The molecule has 0 spiro atoms. The van der Waals surface area contributed by atoms with Crippen molar-refractivity contribution in [1.82, 2.24) is 24.9 Å². The van der Waals surface area contributed by atoms with E-state index in [9.17, 15) is 4.79 Å². The molecule has 208 valence electrons. The van der Waals surface area contributed by atoms with Crippen LogP contribution in [-0.4, -0.2) is 63.4 Å². The van der Waals surface area contributed by atoms with Crippen LogP contribution in [0, 0.1) is 12.8 Å². The highest BCUT2D eigenvalue weighted by Gasteiger charge is 2.27. The summed E-state index contributed by atoms with van der Waals surface area (Å²) in [6, 6.07) is 11.8. The van der Waals surface area contributed by atoms with Crippen molar-refractivity contribution in [2.75, 3.05) is 37.6 Å². The molecule has 4 aromatic rings. The monoisotopic (exact) mass is 538 g/mol. The first kappa shape index (κ1) is 26.4. The van der Waals surface area contributed by atoms with Gasteiger partial charge in [-0.2, -0.15) is 0 Å². The van der Waals surface area contributed by atoms with Crippen molar-refractivity contribution in [2.24, 2.45) is 5.92 Å². The molecular formula is C32H38N6O2. The van der Waals surface area contributed by atoms with Crippen LogP contribution in [-0.2, 0) is 11.8 Å². The number of pyridine rings is 1. The number of nitrogens with zero attached hydrogens (tertiary/aromatic N) is 6. The third-order valence-corrected chi connectivity index (χ3v) is 7.97. The Hall–Kier alpha value is -3.78. The zero-order valence-corrected chi connectivity index (χ0v) is 23.9. The Labute approximate surface area is 236 Å². The van der Waals surface area contributed by atoms with Crippen molar-refractivity contribution < 1.29 is 9.21 Å². The molecular weight excluding hydrogens is 500 g/mol. The Morgan fingerprint density at radius 1 is 1.02 bits per heavy atom. The van der Waals surface area contributed by atoms with Crippen molar-refractivity contribution in [1.29, 1.82) is 0 Å². The maximum Gasteiger partial charge on any atom is 0.202 e. The van der Waals surface area contributed by atoms with Gasteiger partial charge < -0.3 is 9.32 Å². The third kappa shape index (κ3) is 5.87. The number of hydrogen-bond donors (Lipinski definition) is 0. The van der Waals surface area contributed by atoms with Crippen LogP contribution in [0.3, 0.4) is 0 Å². The van der Waals surface area contributed by atoms with E-state index in [-0.39, 0.29) is 17.6 Å². The highest BCUT2D eigenvalue weighted by atomic mass is 16.3. The lowest BCUT2D eigenvalue weighted by Gasteiger charge is -2.36. The number of hydrogen-bond acceptors (Lipinski definition) is 7. The minimum absolute atomic E-state index is 0.0409. The number of Topliss-reactive ketones (excluding diaryl/α,β-unsaturated/α-hetero) is 1. The maximum atomic E-state index is 13.0. The van der Waals surface area contributed by atoms with E-state index in [4.69, 9.17) is 4.42 Å². The lowest BCUT2D eigenvalue weighted by atomic mass is 9.94. The quantitative estimate of drug-likeness (QED) is 0.275. The zero-order chi connectivity index (χ0) is 27.9. The van der Waals surface area contributed by atoms with Gasteiger partial charge in [0, 0.05) is 56.3 Å². The predicted molar refractivity (Wildman–Crippen MR) is 156 cm³/mol. The van der Waals surface area contributed by atoms with Gasteiger partial charge in [0.1, 0.15) is 11.5 Å². The number of aromatic nitrogens is 4.